The van der Waals surface area contributed by atoms with Crippen molar-refractivity contribution in [2.45, 2.75) is 19.9 Å². The van der Waals surface area contributed by atoms with Crippen LogP contribution in [0.5, 0.6) is 0 Å². The van der Waals surface area contributed by atoms with Gasteiger partial charge in [0.15, 0.2) is 0 Å². The number of nitrogens with one attached hydrogen (secondary N) is 2. The topological polar surface area (TPSA) is 58.9 Å². The number of rotatable bonds is 5. The van der Waals surface area contributed by atoms with E-state index >= 15 is 0 Å². The minimum Gasteiger partial charge on any atom is -0.350 e. The van der Waals surface area contributed by atoms with Gasteiger partial charge in [-0.3, -0.25) is 4.79 Å². The van der Waals surface area contributed by atoms with Gasteiger partial charge < -0.3 is 15.2 Å². The number of benzene rings is 1. The summed E-state index contributed by atoms with van der Waals surface area (Å²) in [6.45, 7) is 4.59. The fourth-order valence-corrected chi connectivity index (χ4v) is 1.90. The van der Waals surface area contributed by atoms with Gasteiger partial charge in [0.2, 0.25) is 0 Å². The lowest BCUT2D eigenvalue weighted by Crippen LogP contribution is -2.37. The van der Waals surface area contributed by atoms with Crippen molar-refractivity contribution in [1.29, 1.82) is 0 Å². The maximum absolute atomic E-state index is 12.4. The summed E-state index contributed by atoms with van der Waals surface area (Å²) in [7, 11) is 1.88. The zero-order chi connectivity index (χ0) is 14.5. The van der Waals surface area contributed by atoms with E-state index in [-0.39, 0.29) is 36.8 Å². The van der Waals surface area contributed by atoms with E-state index < -0.39 is 0 Å². The molecule has 122 valence electrons. The molecule has 2 aromatic rings. The first kappa shape index (κ1) is 20.4. The molecule has 2 rings (SSSR count). The van der Waals surface area contributed by atoms with Gasteiger partial charge in [0, 0.05) is 25.0 Å². The van der Waals surface area contributed by atoms with Crippen LogP contribution in [0.2, 0.25) is 0 Å². The summed E-state index contributed by atoms with van der Waals surface area (Å²) in [6, 6.07) is 6.06. The SMILES string of the molecule is CNC(C)CNC(=O)c1cc(C)ccc1-n1ccnc1.Cl.Cl. The molecule has 2 N–H and O–H groups in total. The predicted octanol–water partition coefficient (Wildman–Crippen LogP) is 2.36. The number of carbonyl (C=O) groups is 1. The lowest BCUT2D eigenvalue weighted by Gasteiger charge is -2.14. The molecule has 1 aromatic carbocycles. The first-order chi connectivity index (χ1) is 9.61. The molecular weight excluding hydrogens is 323 g/mol. The van der Waals surface area contributed by atoms with Crippen LogP contribution >= 0.6 is 24.8 Å². The highest BCUT2D eigenvalue weighted by Gasteiger charge is 2.13. The fourth-order valence-electron chi connectivity index (χ4n) is 1.90. The molecule has 0 aliphatic heterocycles. The Balaban J connectivity index is 0.00000220. The minimum absolute atomic E-state index is 0. The van der Waals surface area contributed by atoms with Crippen molar-refractivity contribution in [1.82, 2.24) is 20.2 Å². The van der Waals surface area contributed by atoms with Crippen LogP contribution in [0.4, 0.5) is 0 Å². The summed E-state index contributed by atoms with van der Waals surface area (Å²) < 4.78 is 1.84. The summed E-state index contributed by atoms with van der Waals surface area (Å²) in [4.78, 5) is 16.4. The van der Waals surface area contributed by atoms with Crippen molar-refractivity contribution in [3.8, 4) is 5.69 Å². The van der Waals surface area contributed by atoms with Crippen LogP contribution in [0.25, 0.3) is 5.69 Å². The quantitative estimate of drug-likeness (QED) is 0.875. The zero-order valence-electron chi connectivity index (χ0n) is 12.9. The van der Waals surface area contributed by atoms with Crippen LogP contribution in [-0.2, 0) is 0 Å². The molecular formula is C15H22Cl2N4O. The van der Waals surface area contributed by atoms with E-state index in [1.807, 2.05) is 49.9 Å². The van der Waals surface area contributed by atoms with Gasteiger partial charge in [-0.25, -0.2) is 4.98 Å². The molecule has 0 aliphatic carbocycles. The molecule has 0 spiro atoms. The van der Waals surface area contributed by atoms with Crippen LogP contribution in [0.1, 0.15) is 22.8 Å². The molecule has 1 atom stereocenters. The molecule has 0 saturated heterocycles. The van der Waals surface area contributed by atoms with Crippen molar-refractivity contribution in [2.24, 2.45) is 0 Å². The van der Waals surface area contributed by atoms with Gasteiger partial charge in [-0.1, -0.05) is 11.6 Å². The van der Waals surface area contributed by atoms with Crippen LogP contribution in [0, 0.1) is 6.92 Å². The minimum atomic E-state index is -0.0699. The molecule has 0 fully saturated rings. The predicted molar refractivity (Wildman–Crippen MR) is 93.7 cm³/mol. The van der Waals surface area contributed by atoms with Gasteiger partial charge in [0.05, 0.1) is 17.6 Å². The zero-order valence-corrected chi connectivity index (χ0v) is 14.5. The van der Waals surface area contributed by atoms with Gasteiger partial charge in [0.1, 0.15) is 0 Å². The van der Waals surface area contributed by atoms with Crippen molar-refractivity contribution in [3.05, 3.63) is 48.0 Å². The number of likely N-dealkylation sites (N-methyl/N-ethyl adjacent to an activating group) is 1. The van der Waals surface area contributed by atoms with Crippen molar-refractivity contribution < 1.29 is 4.79 Å². The van der Waals surface area contributed by atoms with E-state index in [0.29, 0.717) is 12.1 Å². The highest BCUT2D eigenvalue weighted by molar-refractivity contribution is 5.98. The highest BCUT2D eigenvalue weighted by atomic mass is 35.5. The average Bonchev–Trinajstić information content (AvgIpc) is 2.98. The standard InChI is InChI=1S/C15H20N4O.2ClH/c1-11-4-5-14(19-7-6-17-10-19)13(8-11)15(20)18-9-12(2)16-3;;/h4-8,10,12,16H,9H2,1-3H3,(H,18,20);2*1H. The normalized spacial score (nSPS) is 11.0. The summed E-state index contributed by atoms with van der Waals surface area (Å²) >= 11 is 0. The number of imidazole rings is 1. The Morgan fingerprint density at radius 1 is 1.36 bits per heavy atom. The molecule has 1 aromatic heterocycles. The monoisotopic (exact) mass is 344 g/mol. The number of nitrogens with zero attached hydrogens (tertiary/aromatic N) is 2. The Hall–Kier alpha value is -1.56. The van der Waals surface area contributed by atoms with Crippen LogP contribution in [0.15, 0.2) is 36.9 Å². The second kappa shape index (κ2) is 9.46. The van der Waals surface area contributed by atoms with Crippen molar-refractivity contribution in [3.63, 3.8) is 0 Å². The lowest BCUT2D eigenvalue weighted by molar-refractivity contribution is 0.0950. The summed E-state index contributed by atoms with van der Waals surface area (Å²) in [5.41, 5.74) is 2.55. The van der Waals surface area contributed by atoms with Crippen LogP contribution < -0.4 is 10.6 Å². The number of hydrogen-bond donors (Lipinski definition) is 2. The maximum atomic E-state index is 12.4. The van der Waals surface area contributed by atoms with E-state index in [9.17, 15) is 4.79 Å². The summed E-state index contributed by atoms with van der Waals surface area (Å²) in [6.07, 6.45) is 5.22. The molecule has 1 unspecified atom stereocenters. The molecule has 0 aliphatic rings. The Bertz CT molecular complexity index is 587. The number of amides is 1. The average molecular weight is 345 g/mol. The Morgan fingerprint density at radius 2 is 2.09 bits per heavy atom. The van der Waals surface area contributed by atoms with E-state index in [1.54, 1.807) is 12.5 Å². The summed E-state index contributed by atoms with van der Waals surface area (Å²) in [5, 5.41) is 6.04. The number of aryl methyl sites for hydroxylation is 1. The third kappa shape index (κ3) is 5.02. The Labute approximate surface area is 143 Å². The number of carbonyl (C=O) groups excluding carboxylic acids is 1. The highest BCUT2D eigenvalue weighted by Crippen LogP contribution is 2.16. The molecule has 5 nitrogen and oxygen atoms in total. The summed E-state index contributed by atoms with van der Waals surface area (Å²) in [5.74, 6) is -0.0699. The second-order valence-electron chi connectivity index (χ2n) is 4.89. The molecule has 1 amide bonds. The number of hydrogen-bond acceptors (Lipinski definition) is 3. The molecule has 1 heterocycles. The first-order valence-corrected chi connectivity index (χ1v) is 6.66. The van der Waals surface area contributed by atoms with Crippen LogP contribution in [-0.4, -0.2) is 35.1 Å². The molecule has 0 saturated carbocycles. The van der Waals surface area contributed by atoms with E-state index in [1.165, 1.54) is 0 Å². The molecule has 7 heteroatoms. The van der Waals surface area contributed by atoms with Crippen molar-refractivity contribution in [2.75, 3.05) is 13.6 Å². The van der Waals surface area contributed by atoms with E-state index in [0.717, 1.165) is 11.3 Å². The number of halogens is 2. The van der Waals surface area contributed by atoms with Crippen molar-refractivity contribution >= 4 is 30.7 Å². The third-order valence-electron chi connectivity index (χ3n) is 3.24. The van der Waals surface area contributed by atoms with Gasteiger partial charge >= 0.3 is 0 Å². The smallest absolute Gasteiger partial charge is 0.253 e. The Morgan fingerprint density at radius 3 is 2.68 bits per heavy atom. The Kier molecular flexibility index (Phi) is 8.79. The largest absolute Gasteiger partial charge is 0.350 e. The molecule has 0 bridgehead atoms. The van der Waals surface area contributed by atoms with E-state index in [4.69, 9.17) is 0 Å². The van der Waals surface area contributed by atoms with Gasteiger partial charge in [-0.15, -0.1) is 24.8 Å². The first-order valence-electron chi connectivity index (χ1n) is 6.66. The van der Waals surface area contributed by atoms with E-state index in [2.05, 4.69) is 15.6 Å². The number of aromatic nitrogens is 2. The van der Waals surface area contributed by atoms with Gasteiger partial charge in [-0.05, 0) is 33.0 Å². The van der Waals surface area contributed by atoms with Gasteiger partial charge in [0.25, 0.3) is 5.91 Å². The second-order valence-corrected chi connectivity index (χ2v) is 4.89. The lowest BCUT2D eigenvalue weighted by atomic mass is 10.1. The maximum Gasteiger partial charge on any atom is 0.253 e. The van der Waals surface area contributed by atoms with Crippen LogP contribution in [0.3, 0.4) is 0 Å². The molecule has 0 radical (unpaired) electrons. The molecule has 22 heavy (non-hydrogen) atoms. The third-order valence-corrected chi connectivity index (χ3v) is 3.24. The van der Waals surface area contributed by atoms with Gasteiger partial charge in [-0.2, -0.15) is 0 Å². The fraction of sp³-hybridized carbons (Fsp3) is 0.333.